The molecule has 2 aromatic heterocycles. The summed E-state index contributed by atoms with van der Waals surface area (Å²) in [4.78, 5) is 43.1. The van der Waals surface area contributed by atoms with Crippen molar-refractivity contribution in [3.8, 4) is 0 Å². The maximum absolute atomic E-state index is 12.9. The van der Waals surface area contributed by atoms with E-state index >= 15 is 0 Å². The fourth-order valence-electron chi connectivity index (χ4n) is 3.99. The number of nitrogens with one attached hydrogen (secondary N) is 3. The first-order chi connectivity index (χ1) is 19.9. The topological polar surface area (TPSA) is 170 Å². The van der Waals surface area contributed by atoms with Crippen LogP contribution in [-0.4, -0.2) is 87.5 Å². The molecule has 1 aliphatic rings. The quantitative estimate of drug-likeness (QED) is 0.263. The van der Waals surface area contributed by atoms with Crippen molar-refractivity contribution in [3.63, 3.8) is 0 Å². The van der Waals surface area contributed by atoms with Gasteiger partial charge in [0.2, 0.25) is 5.89 Å². The first kappa shape index (κ1) is 30.0. The number of benzene rings is 2. The van der Waals surface area contributed by atoms with Crippen molar-refractivity contribution in [2.45, 2.75) is 19.6 Å². The largest absolute Gasteiger partial charge is 0.490 e. The molecule has 16 heteroatoms. The molecular weight excluding hydrogens is 561 g/mol. The second-order valence-corrected chi connectivity index (χ2v) is 9.34. The van der Waals surface area contributed by atoms with Gasteiger partial charge in [-0.25, -0.2) is 4.79 Å². The number of aliphatic carboxylic acids is 1. The molecule has 4 N–H and O–H groups in total. The fraction of sp³-hybridized carbons (Fsp3) is 0.308. The van der Waals surface area contributed by atoms with E-state index in [1.54, 1.807) is 25.1 Å². The number of halogens is 3. The molecule has 1 fully saturated rings. The Morgan fingerprint density at radius 3 is 2.26 bits per heavy atom. The van der Waals surface area contributed by atoms with Gasteiger partial charge in [-0.3, -0.25) is 14.7 Å². The van der Waals surface area contributed by atoms with Gasteiger partial charge in [0, 0.05) is 48.4 Å². The molecule has 2 aromatic carbocycles. The minimum absolute atomic E-state index is 0.122. The standard InChI is InChI=1S/C24H26N8O3.C2HF3O2/c1-15-26-21(35-30-15)14-25-23(33)17-5-8-20-19(13-17)22(29-28-20)27-24(34)16-3-6-18(7-4-16)32-11-9-31(2)10-12-32;3-2(4,5)1(6)7/h3-8,13H,9-12,14H2,1-2H3,(H,25,33)(H2,27,28,29,34);(H,6,7). The zero-order valence-electron chi connectivity index (χ0n) is 22.5. The van der Waals surface area contributed by atoms with Gasteiger partial charge in [0.25, 0.3) is 11.8 Å². The molecule has 0 radical (unpaired) electrons. The normalized spacial score (nSPS) is 13.8. The summed E-state index contributed by atoms with van der Waals surface area (Å²) in [6.45, 7) is 5.80. The molecule has 1 saturated heterocycles. The van der Waals surface area contributed by atoms with E-state index in [0.29, 0.717) is 39.6 Å². The number of aryl methyl sites for hydroxylation is 1. The zero-order valence-corrected chi connectivity index (χ0v) is 22.5. The van der Waals surface area contributed by atoms with Crippen LogP contribution in [0.1, 0.15) is 32.4 Å². The lowest BCUT2D eigenvalue weighted by Crippen LogP contribution is -2.44. The Labute approximate surface area is 236 Å². The summed E-state index contributed by atoms with van der Waals surface area (Å²) in [7, 11) is 2.12. The summed E-state index contributed by atoms with van der Waals surface area (Å²) in [6, 6.07) is 12.7. The summed E-state index contributed by atoms with van der Waals surface area (Å²) in [5.74, 6) is -2.15. The lowest BCUT2D eigenvalue weighted by Gasteiger charge is -2.34. The number of hydrogen-bond donors (Lipinski definition) is 4. The number of H-pyrrole nitrogens is 1. The number of carboxylic acids is 1. The van der Waals surface area contributed by atoms with Crippen molar-refractivity contribution in [3.05, 3.63) is 65.3 Å². The van der Waals surface area contributed by atoms with Crippen LogP contribution in [0.15, 0.2) is 47.0 Å². The SMILES string of the molecule is Cc1noc(CNC(=O)c2ccc3[nH]nc(NC(=O)c4ccc(N5CCN(C)CC5)cc4)c3c2)n1.O=C(O)C(F)(F)F. The van der Waals surface area contributed by atoms with E-state index in [1.807, 2.05) is 24.3 Å². The van der Waals surface area contributed by atoms with Crippen LogP contribution in [-0.2, 0) is 11.3 Å². The number of aromatic nitrogens is 4. The summed E-state index contributed by atoms with van der Waals surface area (Å²) >= 11 is 0. The van der Waals surface area contributed by atoms with Crippen LogP contribution in [0, 0.1) is 6.92 Å². The van der Waals surface area contributed by atoms with E-state index in [0.717, 1.165) is 31.9 Å². The molecule has 2 amide bonds. The highest BCUT2D eigenvalue weighted by molar-refractivity contribution is 6.09. The Morgan fingerprint density at radius 2 is 1.67 bits per heavy atom. The first-order valence-electron chi connectivity index (χ1n) is 12.6. The Morgan fingerprint density at radius 1 is 1.02 bits per heavy atom. The van der Waals surface area contributed by atoms with E-state index in [1.165, 1.54) is 0 Å². The maximum Gasteiger partial charge on any atom is 0.490 e. The van der Waals surface area contributed by atoms with Crippen molar-refractivity contribution in [2.24, 2.45) is 0 Å². The van der Waals surface area contributed by atoms with Gasteiger partial charge in [-0.15, -0.1) is 0 Å². The number of amides is 2. The molecule has 4 aromatic rings. The number of anilines is 2. The molecule has 0 atom stereocenters. The third kappa shape index (κ3) is 7.60. The Kier molecular flexibility index (Phi) is 9.05. The number of rotatable bonds is 6. The minimum Gasteiger partial charge on any atom is -0.475 e. The van der Waals surface area contributed by atoms with Gasteiger partial charge in [-0.2, -0.15) is 23.3 Å². The number of nitrogens with zero attached hydrogens (tertiary/aromatic N) is 5. The highest BCUT2D eigenvalue weighted by Gasteiger charge is 2.38. The fourth-order valence-corrected chi connectivity index (χ4v) is 3.99. The lowest BCUT2D eigenvalue weighted by atomic mass is 10.1. The predicted molar refractivity (Wildman–Crippen MR) is 144 cm³/mol. The molecule has 5 rings (SSSR count). The number of likely N-dealkylation sites (N-methyl/N-ethyl adjacent to an activating group) is 1. The molecule has 42 heavy (non-hydrogen) atoms. The number of alkyl halides is 3. The van der Waals surface area contributed by atoms with E-state index in [-0.39, 0.29) is 18.4 Å². The third-order valence-electron chi connectivity index (χ3n) is 6.27. The van der Waals surface area contributed by atoms with Crippen molar-refractivity contribution in [1.82, 2.24) is 30.6 Å². The number of carbonyl (C=O) groups is 3. The summed E-state index contributed by atoms with van der Waals surface area (Å²) in [5.41, 5.74) is 2.76. The number of hydrogen-bond acceptors (Lipinski definition) is 9. The van der Waals surface area contributed by atoms with Gasteiger partial charge in [0.1, 0.15) is 0 Å². The molecule has 13 nitrogen and oxygen atoms in total. The van der Waals surface area contributed by atoms with Crippen LogP contribution in [0.2, 0.25) is 0 Å². The van der Waals surface area contributed by atoms with Crippen LogP contribution in [0.4, 0.5) is 24.7 Å². The second-order valence-electron chi connectivity index (χ2n) is 9.34. The highest BCUT2D eigenvalue weighted by Crippen LogP contribution is 2.23. The molecule has 1 aliphatic heterocycles. The molecule has 0 bridgehead atoms. The smallest absolute Gasteiger partial charge is 0.475 e. The molecule has 0 spiro atoms. The van der Waals surface area contributed by atoms with Crippen LogP contribution >= 0.6 is 0 Å². The molecule has 0 aliphatic carbocycles. The van der Waals surface area contributed by atoms with Gasteiger partial charge < -0.3 is 30.1 Å². The van der Waals surface area contributed by atoms with Gasteiger partial charge >= 0.3 is 12.1 Å². The van der Waals surface area contributed by atoms with Crippen molar-refractivity contribution < 1.29 is 37.2 Å². The first-order valence-corrected chi connectivity index (χ1v) is 12.6. The Bertz CT molecular complexity index is 1560. The van der Waals surface area contributed by atoms with E-state index < -0.39 is 12.1 Å². The van der Waals surface area contributed by atoms with Crippen LogP contribution in [0.25, 0.3) is 10.9 Å². The monoisotopic (exact) mass is 588 g/mol. The summed E-state index contributed by atoms with van der Waals surface area (Å²) in [6.07, 6.45) is -5.08. The number of aromatic amines is 1. The lowest BCUT2D eigenvalue weighted by molar-refractivity contribution is -0.192. The number of carbonyl (C=O) groups excluding carboxylic acids is 2. The molecule has 222 valence electrons. The van der Waals surface area contributed by atoms with Crippen LogP contribution in [0.3, 0.4) is 0 Å². The molecule has 0 unspecified atom stereocenters. The maximum atomic E-state index is 12.9. The third-order valence-corrected chi connectivity index (χ3v) is 6.27. The van der Waals surface area contributed by atoms with Gasteiger partial charge in [-0.05, 0) is 56.4 Å². The van der Waals surface area contributed by atoms with Crippen molar-refractivity contribution >= 4 is 40.2 Å². The van der Waals surface area contributed by atoms with Crippen LogP contribution < -0.4 is 15.5 Å². The van der Waals surface area contributed by atoms with Crippen LogP contribution in [0.5, 0.6) is 0 Å². The van der Waals surface area contributed by atoms with E-state index in [2.05, 4.69) is 47.8 Å². The van der Waals surface area contributed by atoms with E-state index in [4.69, 9.17) is 14.4 Å². The highest BCUT2D eigenvalue weighted by atomic mass is 19.4. The van der Waals surface area contributed by atoms with E-state index in [9.17, 15) is 22.8 Å². The van der Waals surface area contributed by atoms with Crippen molar-refractivity contribution in [1.29, 1.82) is 0 Å². The summed E-state index contributed by atoms with van der Waals surface area (Å²) in [5, 5.41) is 24.2. The van der Waals surface area contributed by atoms with Gasteiger partial charge in [-0.1, -0.05) is 5.16 Å². The number of piperazine rings is 1. The zero-order chi connectivity index (χ0) is 30.4. The van der Waals surface area contributed by atoms with Gasteiger partial charge in [0.15, 0.2) is 11.6 Å². The average Bonchev–Trinajstić information content (AvgIpc) is 3.57. The Hall–Kier alpha value is -4.99. The minimum atomic E-state index is -5.08. The summed E-state index contributed by atoms with van der Waals surface area (Å²) < 4.78 is 36.8. The number of fused-ring (bicyclic) bond motifs is 1. The Balaban J connectivity index is 0.000000517. The van der Waals surface area contributed by atoms with Crippen molar-refractivity contribution in [2.75, 3.05) is 43.4 Å². The number of carboxylic acid groups (broad SMARTS) is 1. The molecule has 0 saturated carbocycles. The molecule has 3 heterocycles. The predicted octanol–water partition coefficient (Wildman–Crippen LogP) is 2.82. The second kappa shape index (κ2) is 12.7. The average molecular weight is 589 g/mol. The van der Waals surface area contributed by atoms with Gasteiger partial charge in [0.05, 0.1) is 12.1 Å². The molecular formula is C26H27F3N8O5.